The number of pyridine rings is 1. The zero-order chi connectivity index (χ0) is 31.3. The molecule has 12 heteroatoms. The molecular formula is C33H40N8O4. The number of urea groups is 1. The number of carbonyl (C=O) groups is 4. The van der Waals surface area contributed by atoms with E-state index in [-0.39, 0.29) is 30.3 Å². The summed E-state index contributed by atoms with van der Waals surface area (Å²) in [6.45, 7) is 3.97. The van der Waals surface area contributed by atoms with Gasteiger partial charge in [0.15, 0.2) is 0 Å². The van der Waals surface area contributed by atoms with Gasteiger partial charge in [-0.25, -0.2) is 9.78 Å². The number of piperidine rings is 1. The SMILES string of the molecule is Nc1ccc(N2CCN(C(=O)N[C@H]3CC[C@H](NCCC#Cc4ccc5c(c4)CN(C4CCC(=O)NC4=O)C5=O)CC3)CC2)nc1. The molecule has 45 heavy (non-hydrogen) atoms. The Morgan fingerprint density at radius 3 is 2.51 bits per heavy atom. The number of fused-ring (bicyclic) bond motifs is 1. The molecule has 12 nitrogen and oxygen atoms in total. The van der Waals surface area contributed by atoms with Crippen LogP contribution in [0.15, 0.2) is 36.5 Å². The van der Waals surface area contributed by atoms with Crippen molar-refractivity contribution in [3.63, 3.8) is 0 Å². The third-order valence-corrected chi connectivity index (χ3v) is 9.16. The maximum Gasteiger partial charge on any atom is 0.317 e. The zero-order valence-corrected chi connectivity index (χ0v) is 25.4. The summed E-state index contributed by atoms with van der Waals surface area (Å²) >= 11 is 0. The Balaban J connectivity index is 0.882. The van der Waals surface area contributed by atoms with E-state index in [4.69, 9.17) is 5.73 Å². The second-order valence-corrected chi connectivity index (χ2v) is 12.2. The number of carbonyl (C=O) groups excluding carboxylic acids is 4. The lowest BCUT2D eigenvalue weighted by molar-refractivity contribution is -0.136. The summed E-state index contributed by atoms with van der Waals surface area (Å²) in [4.78, 5) is 59.5. The number of hydrogen-bond acceptors (Lipinski definition) is 8. The number of imide groups is 1. The summed E-state index contributed by atoms with van der Waals surface area (Å²) in [7, 11) is 0. The van der Waals surface area contributed by atoms with Crippen LogP contribution in [0, 0.1) is 11.8 Å². The molecule has 0 bridgehead atoms. The van der Waals surface area contributed by atoms with Gasteiger partial charge in [0.1, 0.15) is 11.9 Å². The highest BCUT2D eigenvalue weighted by Crippen LogP contribution is 2.28. The van der Waals surface area contributed by atoms with E-state index in [0.717, 1.165) is 62.3 Å². The van der Waals surface area contributed by atoms with Crippen LogP contribution in [-0.2, 0) is 16.1 Å². The molecule has 1 aromatic heterocycles. The highest BCUT2D eigenvalue weighted by Gasteiger charge is 2.39. The van der Waals surface area contributed by atoms with Gasteiger partial charge in [-0.05, 0) is 68.0 Å². The molecule has 1 saturated carbocycles. The third kappa shape index (κ3) is 7.20. The van der Waals surface area contributed by atoms with Crippen LogP contribution in [0.5, 0.6) is 0 Å². The number of rotatable bonds is 6. The van der Waals surface area contributed by atoms with Crippen LogP contribution in [0.3, 0.4) is 0 Å². The van der Waals surface area contributed by atoms with Gasteiger partial charge in [-0.1, -0.05) is 11.8 Å². The van der Waals surface area contributed by atoms with Gasteiger partial charge < -0.3 is 31.1 Å². The summed E-state index contributed by atoms with van der Waals surface area (Å²) in [6.07, 6.45) is 6.88. The van der Waals surface area contributed by atoms with Gasteiger partial charge >= 0.3 is 6.03 Å². The summed E-state index contributed by atoms with van der Waals surface area (Å²) in [5.74, 6) is 6.45. The molecular weight excluding hydrogens is 572 g/mol. The molecule has 2 aromatic rings. The summed E-state index contributed by atoms with van der Waals surface area (Å²) in [5, 5.41) is 9.18. The maximum atomic E-state index is 12.9. The van der Waals surface area contributed by atoms with E-state index < -0.39 is 11.9 Å². The van der Waals surface area contributed by atoms with Crippen molar-refractivity contribution in [2.24, 2.45) is 0 Å². The van der Waals surface area contributed by atoms with Gasteiger partial charge in [-0.15, -0.1) is 0 Å². The molecule has 5 N–H and O–H groups in total. The van der Waals surface area contributed by atoms with Gasteiger partial charge in [0.05, 0.1) is 11.9 Å². The number of piperazine rings is 1. The quantitative estimate of drug-likeness (QED) is 0.218. The van der Waals surface area contributed by atoms with Crippen LogP contribution >= 0.6 is 0 Å². The van der Waals surface area contributed by atoms with Crippen molar-refractivity contribution in [1.29, 1.82) is 0 Å². The van der Waals surface area contributed by atoms with E-state index in [1.54, 1.807) is 17.2 Å². The van der Waals surface area contributed by atoms with Crippen molar-refractivity contribution in [2.45, 2.75) is 69.6 Å². The molecule has 3 fully saturated rings. The van der Waals surface area contributed by atoms with Gasteiger partial charge in [0.2, 0.25) is 11.8 Å². The molecule has 3 aliphatic heterocycles. The fourth-order valence-electron chi connectivity index (χ4n) is 6.59. The first kappa shape index (κ1) is 30.4. The Morgan fingerprint density at radius 1 is 1.00 bits per heavy atom. The molecule has 1 atom stereocenters. The smallest absolute Gasteiger partial charge is 0.317 e. The van der Waals surface area contributed by atoms with E-state index in [9.17, 15) is 19.2 Å². The minimum Gasteiger partial charge on any atom is -0.397 e. The Labute approximate surface area is 263 Å². The van der Waals surface area contributed by atoms with Crippen LogP contribution in [0.2, 0.25) is 0 Å². The fourth-order valence-corrected chi connectivity index (χ4v) is 6.59. The van der Waals surface area contributed by atoms with E-state index in [2.05, 4.69) is 37.7 Å². The number of benzene rings is 1. The average Bonchev–Trinajstić information content (AvgIpc) is 3.37. The molecule has 5 amide bonds. The summed E-state index contributed by atoms with van der Waals surface area (Å²) < 4.78 is 0. The molecule has 6 rings (SSSR count). The van der Waals surface area contributed by atoms with Gasteiger partial charge in [0.25, 0.3) is 5.91 Å². The first-order valence-corrected chi connectivity index (χ1v) is 15.9. The van der Waals surface area contributed by atoms with Crippen LogP contribution in [0.25, 0.3) is 0 Å². The number of aromatic nitrogens is 1. The van der Waals surface area contributed by atoms with Gasteiger partial charge in [-0.3, -0.25) is 19.7 Å². The van der Waals surface area contributed by atoms with Crippen LogP contribution in [0.1, 0.15) is 66.4 Å². The first-order chi connectivity index (χ1) is 21.8. The molecule has 4 aliphatic rings. The minimum atomic E-state index is -0.616. The summed E-state index contributed by atoms with van der Waals surface area (Å²) in [6, 6.07) is 9.34. The third-order valence-electron chi connectivity index (χ3n) is 9.16. The molecule has 1 unspecified atom stereocenters. The molecule has 236 valence electrons. The van der Waals surface area contributed by atoms with Crippen LogP contribution in [0.4, 0.5) is 16.3 Å². The Hall–Kier alpha value is -4.63. The van der Waals surface area contributed by atoms with Crippen LogP contribution < -0.4 is 26.6 Å². The van der Waals surface area contributed by atoms with Gasteiger partial charge in [-0.2, -0.15) is 0 Å². The largest absolute Gasteiger partial charge is 0.397 e. The summed E-state index contributed by atoms with van der Waals surface area (Å²) in [5.41, 5.74) is 8.67. The van der Waals surface area contributed by atoms with Crippen molar-refractivity contribution >= 4 is 35.3 Å². The standard InChI is InChI=1S/C33H40N8O4/c34-24-5-12-29(36-20-24)39-15-17-40(18-16-39)33(45)37-26-8-6-25(7-9-26)35-14-2-1-3-22-4-10-27-23(19-22)21-41(32(27)44)28-11-13-30(42)38-31(28)43/h4-5,10,12,19-20,25-26,28,35H,2,6-9,11,13-18,21,34H2,(H,37,45)(H,38,42,43)/t25-,26-,28?. The van der Waals surface area contributed by atoms with E-state index in [1.807, 2.05) is 29.2 Å². The highest BCUT2D eigenvalue weighted by molar-refractivity contribution is 6.05. The number of nitrogens with one attached hydrogen (secondary N) is 3. The number of anilines is 2. The molecule has 2 saturated heterocycles. The van der Waals surface area contributed by atoms with E-state index in [1.165, 1.54) is 0 Å². The molecule has 0 spiro atoms. The molecule has 0 radical (unpaired) electrons. The van der Waals surface area contributed by atoms with Crippen molar-refractivity contribution in [2.75, 3.05) is 43.4 Å². The Kier molecular flexibility index (Phi) is 9.16. The predicted molar refractivity (Wildman–Crippen MR) is 169 cm³/mol. The molecule has 1 aliphatic carbocycles. The molecule has 1 aromatic carbocycles. The number of amides is 5. The highest BCUT2D eigenvalue weighted by atomic mass is 16.2. The fraction of sp³-hybridized carbons (Fsp3) is 0.485. The minimum absolute atomic E-state index is 0.0196. The topological polar surface area (TPSA) is 153 Å². The molecule has 4 heterocycles. The lowest BCUT2D eigenvalue weighted by Crippen LogP contribution is -2.54. The predicted octanol–water partition coefficient (Wildman–Crippen LogP) is 1.60. The van der Waals surface area contributed by atoms with E-state index in [0.29, 0.717) is 49.8 Å². The maximum absolute atomic E-state index is 12.9. The van der Waals surface area contributed by atoms with Crippen molar-refractivity contribution in [1.82, 2.24) is 30.7 Å². The van der Waals surface area contributed by atoms with Crippen molar-refractivity contribution in [3.8, 4) is 11.8 Å². The number of hydrogen-bond donors (Lipinski definition) is 4. The van der Waals surface area contributed by atoms with Crippen LogP contribution in [-0.4, -0.2) is 89.4 Å². The number of nitrogens with two attached hydrogens (primary N) is 1. The lowest BCUT2D eigenvalue weighted by Gasteiger charge is -2.37. The zero-order valence-electron chi connectivity index (χ0n) is 25.4. The normalized spacial score (nSPS) is 23.2. The van der Waals surface area contributed by atoms with Crippen molar-refractivity contribution < 1.29 is 19.2 Å². The van der Waals surface area contributed by atoms with Gasteiger partial charge in [0, 0.05) is 75.3 Å². The second-order valence-electron chi connectivity index (χ2n) is 12.2. The lowest BCUT2D eigenvalue weighted by atomic mass is 9.91. The Bertz CT molecular complexity index is 1500. The number of nitrogen functional groups attached to an aromatic ring is 1. The number of nitrogens with zero attached hydrogens (tertiary/aromatic N) is 4. The van der Waals surface area contributed by atoms with Crippen molar-refractivity contribution in [3.05, 3.63) is 53.2 Å². The second kappa shape index (κ2) is 13.6. The average molecular weight is 613 g/mol. The first-order valence-electron chi connectivity index (χ1n) is 15.9. The Morgan fingerprint density at radius 2 is 1.78 bits per heavy atom. The monoisotopic (exact) mass is 612 g/mol. The van der Waals surface area contributed by atoms with E-state index >= 15 is 0 Å².